The van der Waals surface area contributed by atoms with Crippen LogP contribution >= 0.6 is 0 Å². The molecule has 3 heteroatoms. The molecule has 0 heterocycles. The minimum atomic E-state index is -0.171. The van der Waals surface area contributed by atoms with Crippen LogP contribution in [0.5, 0.6) is 5.75 Å². The molecule has 1 N–H and O–H groups in total. The first-order valence-electron chi connectivity index (χ1n) is 8.13. The van der Waals surface area contributed by atoms with Crippen molar-refractivity contribution in [1.29, 1.82) is 0 Å². The molecule has 0 radical (unpaired) electrons. The molecule has 0 amide bonds. The van der Waals surface area contributed by atoms with E-state index >= 15 is 0 Å². The van der Waals surface area contributed by atoms with E-state index in [0.717, 1.165) is 17.7 Å². The average molecular weight is 295 g/mol. The summed E-state index contributed by atoms with van der Waals surface area (Å²) in [5.41, 5.74) is 1.52. The molecule has 1 rings (SSSR count). The van der Waals surface area contributed by atoms with Crippen LogP contribution in [0.1, 0.15) is 70.0 Å². The third kappa shape index (κ3) is 5.66. The van der Waals surface area contributed by atoms with Crippen molar-refractivity contribution in [1.82, 2.24) is 5.32 Å². The van der Waals surface area contributed by atoms with Crippen LogP contribution in [0.3, 0.4) is 0 Å². The number of aryl methyl sites for hydroxylation is 1. The quantitative estimate of drug-likeness (QED) is 0.636. The summed E-state index contributed by atoms with van der Waals surface area (Å²) in [6.07, 6.45) is 6.18. The van der Waals surface area contributed by atoms with Crippen molar-refractivity contribution in [3.8, 4) is 5.75 Å². The van der Waals surface area contributed by atoms with Gasteiger partial charge >= 0.3 is 0 Å². The first-order valence-corrected chi connectivity index (χ1v) is 8.13. The molecule has 0 aromatic heterocycles. The van der Waals surface area contributed by atoms with Crippen LogP contribution in [0, 0.1) is 12.7 Å². The van der Waals surface area contributed by atoms with Gasteiger partial charge in [0.15, 0.2) is 0 Å². The molecule has 0 saturated carbocycles. The second kappa shape index (κ2) is 9.04. The molecule has 1 aromatic rings. The van der Waals surface area contributed by atoms with E-state index in [1.165, 1.54) is 25.7 Å². The fourth-order valence-electron chi connectivity index (χ4n) is 2.40. The number of rotatable bonds is 9. The van der Waals surface area contributed by atoms with Gasteiger partial charge in [0.05, 0.1) is 6.10 Å². The molecule has 2 unspecified atom stereocenters. The Hall–Kier alpha value is -1.09. The molecule has 0 bridgehead atoms. The van der Waals surface area contributed by atoms with E-state index in [9.17, 15) is 4.39 Å². The van der Waals surface area contributed by atoms with Gasteiger partial charge in [-0.2, -0.15) is 0 Å². The van der Waals surface area contributed by atoms with Crippen LogP contribution < -0.4 is 10.1 Å². The lowest BCUT2D eigenvalue weighted by Gasteiger charge is -2.21. The van der Waals surface area contributed by atoms with Crippen LogP contribution in [-0.4, -0.2) is 13.2 Å². The van der Waals surface area contributed by atoms with Gasteiger partial charge in [0, 0.05) is 11.6 Å². The van der Waals surface area contributed by atoms with E-state index in [1.807, 2.05) is 20.0 Å². The van der Waals surface area contributed by atoms with Crippen LogP contribution in [0.2, 0.25) is 0 Å². The largest absolute Gasteiger partial charge is 0.490 e. The lowest BCUT2D eigenvalue weighted by atomic mass is 10.0. The minimum Gasteiger partial charge on any atom is -0.490 e. The fourth-order valence-corrected chi connectivity index (χ4v) is 2.40. The smallest absolute Gasteiger partial charge is 0.126 e. The van der Waals surface area contributed by atoms with Gasteiger partial charge in [0.2, 0.25) is 0 Å². The fraction of sp³-hybridized carbons (Fsp3) is 0.667. The molecule has 2 nitrogen and oxygen atoms in total. The van der Waals surface area contributed by atoms with E-state index < -0.39 is 0 Å². The Morgan fingerprint density at radius 2 is 1.90 bits per heavy atom. The maximum absolute atomic E-state index is 13.8. The second-order valence-corrected chi connectivity index (χ2v) is 5.93. The van der Waals surface area contributed by atoms with Crippen molar-refractivity contribution in [3.63, 3.8) is 0 Å². The van der Waals surface area contributed by atoms with Crippen molar-refractivity contribution < 1.29 is 9.13 Å². The van der Waals surface area contributed by atoms with Gasteiger partial charge < -0.3 is 10.1 Å². The first-order chi connectivity index (χ1) is 9.99. The molecule has 0 aliphatic rings. The monoisotopic (exact) mass is 295 g/mol. The summed E-state index contributed by atoms with van der Waals surface area (Å²) in [5, 5.41) is 3.15. The summed E-state index contributed by atoms with van der Waals surface area (Å²) in [6.45, 7) is 8.11. The highest BCUT2D eigenvalue weighted by atomic mass is 19.1. The van der Waals surface area contributed by atoms with Crippen molar-refractivity contribution in [2.45, 2.75) is 71.9 Å². The van der Waals surface area contributed by atoms with Gasteiger partial charge in [-0.3, -0.25) is 0 Å². The number of benzene rings is 1. The summed E-state index contributed by atoms with van der Waals surface area (Å²) >= 11 is 0. The zero-order chi connectivity index (χ0) is 15.8. The van der Waals surface area contributed by atoms with Crippen LogP contribution in [0.4, 0.5) is 4.39 Å². The number of hydrogen-bond acceptors (Lipinski definition) is 2. The SMILES string of the molecule is CCCCCCC(C)Oc1cc(C)c(F)cc1C(C)NC. The van der Waals surface area contributed by atoms with Crippen molar-refractivity contribution >= 4 is 0 Å². The molecule has 0 fully saturated rings. The number of ether oxygens (including phenoxy) is 1. The minimum absolute atomic E-state index is 0.0717. The van der Waals surface area contributed by atoms with Gasteiger partial charge in [-0.1, -0.05) is 26.2 Å². The summed E-state index contributed by atoms with van der Waals surface area (Å²) in [6, 6.07) is 3.49. The van der Waals surface area contributed by atoms with E-state index in [0.29, 0.717) is 5.56 Å². The molecule has 0 aliphatic carbocycles. The van der Waals surface area contributed by atoms with Gasteiger partial charge in [0.25, 0.3) is 0 Å². The van der Waals surface area contributed by atoms with Gasteiger partial charge in [-0.15, -0.1) is 0 Å². The molecule has 0 aliphatic heterocycles. The van der Waals surface area contributed by atoms with Gasteiger partial charge in [-0.25, -0.2) is 4.39 Å². The molecular formula is C18H30FNO. The van der Waals surface area contributed by atoms with Crippen LogP contribution in [0.25, 0.3) is 0 Å². The maximum atomic E-state index is 13.8. The normalized spacial score (nSPS) is 14.0. The number of halogens is 1. The summed E-state index contributed by atoms with van der Waals surface area (Å²) in [5.74, 6) is 0.633. The molecule has 0 spiro atoms. The predicted octanol–water partition coefficient (Wildman–Crippen LogP) is 5.15. The van der Waals surface area contributed by atoms with E-state index in [-0.39, 0.29) is 18.0 Å². The second-order valence-electron chi connectivity index (χ2n) is 5.93. The Kier molecular flexibility index (Phi) is 7.73. The predicted molar refractivity (Wildman–Crippen MR) is 87.5 cm³/mol. The Labute approximate surface area is 129 Å². The van der Waals surface area contributed by atoms with Crippen molar-refractivity contribution in [3.05, 3.63) is 29.1 Å². The highest BCUT2D eigenvalue weighted by Crippen LogP contribution is 2.29. The van der Waals surface area contributed by atoms with Crippen molar-refractivity contribution in [2.24, 2.45) is 0 Å². The van der Waals surface area contributed by atoms with Crippen LogP contribution in [-0.2, 0) is 0 Å². The Balaban J connectivity index is 2.74. The Morgan fingerprint density at radius 1 is 1.19 bits per heavy atom. The molecule has 120 valence electrons. The third-order valence-electron chi connectivity index (χ3n) is 3.98. The van der Waals surface area contributed by atoms with Gasteiger partial charge in [0.1, 0.15) is 11.6 Å². The van der Waals surface area contributed by atoms with Crippen molar-refractivity contribution in [2.75, 3.05) is 7.05 Å². The number of unbranched alkanes of at least 4 members (excludes halogenated alkanes) is 3. The molecule has 2 atom stereocenters. The summed E-state index contributed by atoms with van der Waals surface area (Å²) in [4.78, 5) is 0. The zero-order valence-corrected chi connectivity index (χ0v) is 14.1. The highest BCUT2D eigenvalue weighted by Gasteiger charge is 2.15. The zero-order valence-electron chi connectivity index (χ0n) is 14.1. The van der Waals surface area contributed by atoms with E-state index in [1.54, 1.807) is 13.0 Å². The first kappa shape index (κ1) is 18.0. The topological polar surface area (TPSA) is 21.3 Å². The standard InChI is InChI=1S/C18H30FNO/c1-6-7-8-9-10-14(3)21-18-11-13(2)17(19)12-16(18)15(4)20-5/h11-12,14-15,20H,6-10H2,1-5H3. The molecular weight excluding hydrogens is 265 g/mol. The van der Waals surface area contributed by atoms with E-state index in [4.69, 9.17) is 4.74 Å². The Bertz CT molecular complexity index is 433. The average Bonchev–Trinajstić information content (AvgIpc) is 2.46. The molecule has 1 aromatic carbocycles. The number of hydrogen-bond donors (Lipinski definition) is 1. The van der Waals surface area contributed by atoms with Gasteiger partial charge in [-0.05, 0) is 58.4 Å². The number of nitrogens with one attached hydrogen (secondary N) is 1. The lowest BCUT2D eigenvalue weighted by molar-refractivity contribution is 0.202. The highest BCUT2D eigenvalue weighted by molar-refractivity contribution is 5.40. The molecule has 21 heavy (non-hydrogen) atoms. The lowest BCUT2D eigenvalue weighted by Crippen LogP contribution is -2.18. The summed E-state index contributed by atoms with van der Waals surface area (Å²) in [7, 11) is 1.88. The summed E-state index contributed by atoms with van der Waals surface area (Å²) < 4.78 is 19.9. The molecule has 0 saturated heterocycles. The Morgan fingerprint density at radius 3 is 2.52 bits per heavy atom. The third-order valence-corrected chi connectivity index (χ3v) is 3.98. The maximum Gasteiger partial charge on any atom is 0.126 e. The van der Waals surface area contributed by atoms with E-state index in [2.05, 4.69) is 19.2 Å². The van der Waals surface area contributed by atoms with Crippen LogP contribution in [0.15, 0.2) is 12.1 Å².